The summed E-state index contributed by atoms with van der Waals surface area (Å²) in [6, 6.07) is 13.0. The van der Waals surface area contributed by atoms with Crippen LogP contribution in [-0.4, -0.2) is 8.64 Å². The molecule has 0 spiro atoms. The number of hydrogen-bond donors (Lipinski definition) is 4. The molecule has 0 atom stereocenters. The summed E-state index contributed by atoms with van der Waals surface area (Å²) in [5, 5.41) is 6.45. The van der Waals surface area contributed by atoms with Crippen molar-refractivity contribution in [2.24, 2.45) is 0 Å². The van der Waals surface area contributed by atoms with Crippen molar-refractivity contribution >= 4 is 96.7 Å². The zero-order valence-corrected chi connectivity index (χ0v) is 42.4. The molecule has 0 heterocycles. The summed E-state index contributed by atoms with van der Waals surface area (Å²) in [4.78, 5) is 0. The zero-order chi connectivity index (χ0) is 29.6. The topological polar surface area (TPSA) is 24.1 Å². The first kappa shape index (κ1) is 55.9. The molecule has 0 aliphatic heterocycles. The quantitative estimate of drug-likeness (QED) is 0.0519. The Labute approximate surface area is 351 Å². The molecule has 0 fully saturated rings. The van der Waals surface area contributed by atoms with Gasteiger partial charge in [-0.25, -0.2) is 0 Å². The van der Waals surface area contributed by atoms with Crippen molar-refractivity contribution in [1.82, 2.24) is 0 Å². The first-order chi connectivity index (χ1) is 19.4. The SMILES string of the molecule is CCCCCc1cccc(NC(=S)S)c1CCCCC.CCCCCc1cccc(NC(=S)S)c1CCCCC.[S-2].[S-2].[Zn+2].[Zn+2].[Zn+2]. The minimum atomic E-state index is 0. The van der Waals surface area contributed by atoms with E-state index in [1.54, 1.807) is 0 Å². The van der Waals surface area contributed by atoms with E-state index in [0.717, 1.165) is 24.2 Å². The van der Waals surface area contributed by atoms with Crippen LogP contribution in [0.5, 0.6) is 0 Å². The Morgan fingerprint density at radius 3 is 1.07 bits per heavy atom. The molecule has 0 saturated heterocycles. The monoisotopic (exact) mass is 874 g/mol. The molecule has 0 saturated carbocycles. The maximum Gasteiger partial charge on any atom is 2.00 e. The molecule has 0 radical (unpaired) electrons. The van der Waals surface area contributed by atoms with Crippen LogP contribution in [0.3, 0.4) is 0 Å². The third-order valence-corrected chi connectivity index (χ3v) is 7.62. The van der Waals surface area contributed by atoms with Crippen molar-refractivity contribution in [3.8, 4) is 0 Å². The normalized spacial score (nSPS) is 9.38. The molecule has 45 heavy (non-hydrogen) atoms. The van der Waals surface area contributed by atoms with Crippen LogP contribution < -0.4 is 10.6 Å². The minimum absolute atomic E-state index is 0. The molecule has 0 bridgehead atoms. The smallest absolute Gasteiger partial charge is 2.00 e. The second-order valence-corrected chi connectivity index (χ2v) is 12.9. The van der Waals surface area contributed by atoms with E-state index in [2.05, 4.69) is 100.0 Å². The molecular weight excluding hydrogens is 825 g/mol. The van der Waals surface area contributed by atoms with Crippen LogP contribution in [0.4, 0.5) is 11.4 Å². The number of rotatable bonds is 18. The largest absolute Gasteiger partial charge is 2.00 e. The van der Waals surface area contributed by atoms with Gasteiger partial charge in [0.15, 0.2) is 0 Å². The number of aryl methyl sites for hydroxylation is 2. The summed E-state index contributed by atoms with van der Waals surface area (Å²) in [7, 11) is 0. The van der Waals surface area contributed by atoms with E-state index in [4.69, 9.17) is 24.4 Å². The number of anilines is 2. The maximum atomic E-state index is 5.08. The number of unbranched alkanes of at least 4 members (excludes halogenated alkanes) is 8. The number of hydrogen-bond acceptors (Lipinski definition) is 2. The van der Waals surface area contributed by atoms with E-state index in [1.807, 2.05) is 0 Å². The molecule has 240 valence electrons. The van der Waals surface area contributed by atoms with Gasteiger partial charge in [-0.15, -0.1) is 25.3 Å². The van der Waals surface area contributed by atoms with Gasteiger partial charge in [0, 0.05) is 11.4 Å². The van der Waals surface area contributed by atoms with Crippen LogP contribution in [-0.2, 0) is 111 Å². The summed E-state index contributed by atoms with van der Waals surface area (Å²) in [6.45, 7) is 8.99. The molecule has 2 aromatic rings. The van der Waals surface area contributed by atoms with Crippen molar-refractivity contribution in [2.45, 2.75) is 130 Å². The minimum Gasteiger partial charge on any atom is -2.00 e. The third-order valence-electron chi connectivity index (χ3n) is 7.19. The van der Waals surface area contributed by atoms with Crippen LogP contribution in [0.25, 0.3) is 0 Å². The van der Waals surface area contributed by atoms with Gasteiger partial charge in [-0.3, -0.25) is 0 Å². The van der Waals surface area contributed by atoms with Crippen LogP contribution in [0, 0.1) is 0 Å². The third kappa shape index (κ3) is 26.0. The first-order valence-corrected chi connectivity index (χ1v) is 17.3. The molecule has 2 N–H and O–H groups in total. The molecule has 0 aliphatic carbocycles. The Morgan fingerprint density at radius 2 is 0.800 bits per heavy atom. The molecule has 0 amide bonds. The summed E-state index contributed by atoms with van der Waals surface area (Å²) >= 11 is 18.6. The number of nitrogens with one attached hydrogen (secondary N) is 2. The van der Waals surface area contributed by atoms with Crippen molar-refractivity contribution < 1.29 is 58.4 Å². The summed E-state index contributed by atoms with van der Waals surface area (Å²) < 4.78 is 1.10. The number of thiol groups is 2. The van der Waals surface area contributed by atoms with Crippen molar-refractivity contribution in [2.75, 3.05) is 10.6 Å². The van der Waals surface area contributed by atoms with Gasteiger partial charge >= 0.3 is 58.4 Å². The predicted molar refractivity (Wildman–Crippen MR) is 211 cm³/mol. The molecule has 2 rings (SSSR count). The molecule has 11 heteroatoms. The van der Waals surface area contributed by atoms with Gasteiger partial charge in [0.25, 0.3) is 0 Å². The summed E-state index contributed by atoms with van der Waals surface area (Å²) in [5.74, 6) is 0. The Hall–Kier alpha value is 1.49. The average Bonchev–Trinajstić information content (AvgIpc) is 2.91. The van der Waals surface area contributed by atoms with Crippen LogP contribution in [0.2, 0.25) is 0 Å². The fourth-order valence-electron chi connectivity index (χ4n) is 5.03. The second kappa shape index (κ2) is 36.8. The van der Waals surface area contributed by atoms with Crippen molar-refractivity contribution in [3.05, 3.63) is 58.7 Å². The molecule has 0 aliphatic rings. The van der Waals surface area contributed by atoms with Gasteiger partial charge in [0.2, 0.25) is 0 Å². The van der Waals surface area contributed by atoms with Gasteiger partial charge in [-0.1, -0.05) is 128 Å². The Balaban J connectivity index is -0.000000213. The number of benzene rings is 2. The van der Waals surface area contributed by atoms with Gasteiger partial charge in [-0.2, -0.15) is 0 Å². The maximum absolute atomic E-state index is 5.08. The van der Waals surface area contributed by atoms with Gasteiger partial charge in [0.1, 0.15) is 8.64 Å². The van der Waals surface area contributed by atoms with Crippen molar-refractivity contribution in [1.29, 1.82) is 0 Å². The summed E-state index contributed by atoms with van der Waals surface area (Å²) in [5.41, 5.74) is 8.13. The van der Waals surface area contributed by atoms with E-state index in [-0.39, 0.29) is 85.4 Å². The molecule has 0 aromatic heterocycles. The van der Waals surface area contributed by atoms with E-state index < -0.39 is 0 Å². The van der Waals surface area contributed by atoms with Crippen LogP contribution in [0.1, 0.15) is 127 Å². The standard InChI is InChI=1S/2C17H27NS2.2S.3Zn/c2*1-3-5-7-10-14-11-9-13-16(18-17(19)20)15(14)12-8-6-4-2;;;;;/h2*9,11,13H,3-8,10,12H2,1-2H3,(H2,18,19,20);;;;;/q;;2*-2;3*+2. The Bertz CT molecular complexity index is 932. The molecule has 2 aromatic carbocycles. The van der Waals surface area contributed by atoms with E-state index in [9.17, 15) is 0 Å². The van der Waals surface area contributed by atoms with Crippen molar-refractivity contribution in [3.63, 3.8) is 0 Å². The predicted octanol–water partition coefficient (Wildman–Crippen LogP) is 11.5. The zero-order valence-electron chi connectivity index (χ0n) is 28.4. The van der Waals surface area contributed by atoms with Gasteiger partial charge in [0.05, 0.1) is 0 Å². The van der Waals surface area contributed by atoms with E-state index >= 15 is 0 Å². The molecule has 0 unspecified atom stereocenters. The van der Waals surface area contributed by atoms with Gasteiger partial charge < -0.3 is 37.6 Å². The average molecular weight is 879 g/mol. The Morgan fingerprint density at radius 1 is 0.511 bits per heavy atom. The van der Waals surface area contributed by atoms with Gasteiger partial charge in [-0.05, 0) is 85.8 Å². The van der Waals surface area contributed by atoms with Crippen LogP contribution in [0.15, 0.2) is 36.4 Å². The van der Waals surface area contributed by atoms with Crippen LogP contribution >= 0.6 is 49.7 Å². The number of thiocarbonyl (C=S) groups is 2. The van der Waals surface area contributed by atoms with E-state index in [1.165, 1.54) is 112 Å². The second-order valence-electron chi connectivity index (χ2n) is 10.6. The fraction of sp³-hybridized carbons (Fsp3) is 0.588. The first-order valence-electron chi connectivity index (χ1n) is 15.6. The molecular formula is C34H54N2S6Zn3+2. The van der Waals surface area contributed by atoms with E-state index in [0.29, 0.717) is 8.64 Å². The molecule has 2 nitrogen and oxygen atoms in total. The summed E-state index contributed by atoms with van der Waals surface area (Å²) in [6.07, 6.45) is 19.9. The fourth-order valence-corrected chi connectivity index (χ4v) is 5.49. The Kier molecular flexibility index (Phi) is 45.7.